The molecule has 3 rings (SSSR count). The van der Waals surface area contributed by atoms with E-state index in [1.807, 2.05) is 0 Å². The second-order valence-corrected chi connectivity index (χ2v) is 8.69. The minimum atomic E-state index is -0.138. The third-order valence-electron chi connectivity index (χ3n) is 5.37. The van der Waals surface area contributed by atoms with Crippen LogP contribution in [0.4, 0.5) is 0 Å². The number of hydrogen-bond acceptors (Lipinski definition) is 5. The van der Waals surface area contributed by atoms with E-state index in [0.29, 0.717) is 12.2 Å². The van der Waals surface area contributed by atoms with E-state index in [2.05, 4.69) is 77.8 Å². The molecule has 1 aliphatic rings. The summed E-state index contributed by atoms with van der Waals surface area (Å²) in [6.07, 6.45) is 1.68. The number of aromatic nitrogens is 3. The number of rotatable bonds is 7. The molecule has 0 saturated carbocycles. The van der Waals surface area contributed by atoms with Crippen LogP contribution in [-0.4, -0.2) is 65.1 Å². The number of carbonyl (C=O) groups excluding carboxylic acids is 1. The summed E-state index contributed by atoms with van der Waals surface area (Å²) in [5.74, 6) is -0.138. The Labute approximate surface area is 186 Å². The van der Waals surface area contributed by atoms with Crippen molar-refractivity contribution in [3.8, 4) is 5.69 Å². The number of piperazine rings is 1. The van der Waals surface area contributed by atoms with Crippen molar-refractivity contribution >= 4 is 18.3 Å². The van der Waals surface area contributed by atoms with E-state index >= 15 is 0 Å². The predicted octanol–water partition coefficient (Wildman–Crippen LogP) is 2.57. The highest BCUT2D eigenvalue weighted by molar-refractivity contribution is 5.93. The van der Waals surface area contributed by atoms with Crippen molar-refractivity contribution in [2.24, 2.45) is 0 Å². The number of hydrogen-bond donors (Lipinski definition) is 2. The maximum Gasteiger partial charge on any atom is 0.273 e. The van der Waals surface area contributed by atoms with E-state index in [0.717, 1.165) is 56.9 Å². The summed E-state index contributed by atoms with van der Waals surface area (Å²) < 4.78 is 1.81. The van der Waals surface area contributed by atoms with Crippen molar-refractivity contribution in [1.82, 2.24) is 30.5 Å². The predicted molar refractivity (Wildman–Crippen MR) is 123 cm³/mol. The summed E-state index contributed by atoms with van der Waals surface area (Å²) in [5.41, 5.74) is 3.61. The van der Waals surface area contributed by atoms with Gasteiger partial charge >= 0.3 is 0 Å². The molecule has 1 saturated heterocycles. The van der Waals surface area contributed by atoms with Crippen molar-refractivity contribution in [1.29, 1.82) is 0 Å². The first-order valence-corrected chi connectivity index (χ1v) is 10.7. The Morgan fingerprint density at radius 3 is 2.43 bits per heavy atom. The molecule has 0 radical (unpaired) electrons. The highest BCUT2D eigenvalue weighted by atomic mass is 35.5. The van der Waals surface area contributed by atoms with Gasteiger partial charge in [-0.2, -0.15) is 0 Å². The van der Waals surface area contributed by atoms with E-state index < -0.39 is 0 Å². The first-order valence-electron chi connectivity index (χ1n) is 10.7. The van der Waals surface area contributed by atoms with Crippen molar-refractivity contribution in [3.63, 3.8) is 0 Å². The lowest BCUT2D eigenvalue weighted by atomic mass is 9.87. The molecule has 1 aliphatic heterocycles. The number of carbonyl (C=O) groups is 1. The summed E-state index contributed by atoms with van der Waals surface area (Å²) in [5, 5.41) is 14.9. The zero-order valence-electron chi connectivity index (χ0n) is 18.6. The van der Waals surface area contributed by atoms with Crippen molar-refractivity contribution in [2.75, 3.05) is 39.3 Å². The number of benzene rings is 1. The lowest BCUT2D eigenvalue weighted by Crippen LogP contribution is -2.46. The standard InChI is InChI=1S/C22H34N6O.ClH/c1-5-6-19-20(21(29)24-13-16-27-14-11-23-12-15-27)25-26-28(19)18-9-7-17(8-10-18)22(2,3)4;/h7-10,23H,5-6,11-16H2,1-4H3,(H,24,29);1H. The highest BCUT2D eigenvalue weighted by Gasteiger charge is 2.21. The van der Waals surface area contributed by atoms with Crippen LogP contribution in [0.2, 0.25) is 0 Å². The molecule has 0 unspecified atom stereocenters. The van der Waals surface area contributed by atoms with Crippen molar-refractivity contribution < 1.29 is 4.79 Å². The first kappa shape index (κ1) is 24.3. The van der Waals surface area contributed by atoms with Crippen molar-refractivity contribution in [2.45, 2.75) is 46.0 Å². The van der Waals surface area contributed by atoms with E-state index in [4.69, 9.17) is 0 Å². The molecule has 0 bridgehead atoms. The molecule has 1 aromatic carbocycles. The van der Waals surface area contributed by atoms with Gasteiger partial charge in [-0.15, -0.1) is 17.5 Å². The lowest BCUT2D eigenvalue weighted by molar-refractivity contribution is 0.0941. The number of nitrogens with zero attached hydrogens (tertiary/aromatic N) is 4. The monoisotopic (exact) mass is 434 g/mol. The summed E-state index contributed by atoms with van der Waals surface area (Å²) in [6, 6.07) is 8.36. The Hall–Kier alpha value is -1.96. The first-order chi connectivity index (χ1) is 13.9. The van der Waals surface area contributed by atoms with Crippen LogP contribution in [0.15, 0.2) is 24.3 Å². The van der Waals surface area contributed by atoms with Gasteiger partial charge in [-0.05, 0) is 29.5 Å². The number of nitrogens with one attached hydrogen (secondary N) is 2. The van der Waals surface area contributed by atoms with Crippen LogP contribution in [0, 0.1) is 0 Å². The second kappa shape index (κ2) is 10.9. The summed E-state index contributed by atoms with van der Waals surface area (Å²) >= 11 is 0. The smallest absolute Gasteiger partial charge is 0.273 e. The molecule has 0 atom stereocenters. The van der Waals surface area contributed by atoms with Crippen LogP contribution in [-0.2, 0) is 11.8 Å². The lowest BCUT2D eigenvalue weighted by Gasteiger charge is -2.27. The normalized spacial score (nSPS) is 14.9. The maximum absolute atomic E-state index is 12.8. The molecule has 1 aromatic heterocycles. The molecule has 166 valence electrons. The Balaban J connectivity index is 0.00000320. The van der Waals surface area contributed by atoms with Gasteiger partial charge in [0.05, 0.1) is 11.4 Å². The van der Waals surface area contributed by atoms with Gasteiger partial charge in [0.25, 0.3) is 5.91 Å². The van der Waals surface area contributed by atoms with Crippen LogP contribution in [0.1, 0.15) is 55.9 Å². The maximum atomic E-state index is 12.8. The van der Waals surface area contributed by atoms with Crippen LogP contribution in [0.25, 0.3) is 5.69 Å². The quantitative estimate of drug-likeness (QED) is 0.700. The molecule has 0 spiro atoms. The average Bonchev–Trinajstić information content (AvgIpc) is 3.12. The van der Waals surface area contributed by atoms with Crippen molar-refractivity contribution in [3.05, 3.63) is 41.2 Å². The molecule has 0 aliphatic carbocycles. The molecule has 2 heterocycles. The van der Waals surface area contributed by atoms with Gasteiger partial charge in [-0.25, -0.2) is 4.68 Å². The minimum Gasteiger partial charge on any atom is -0.349 e. The summed E-state index contributed by atoms with van der Waals surface area (Å²) in [7, 11) is 0. The summed E-state index contributed by atoms with van der Waals surface area (Å²) in [4.78, 5) is 15.1. The van der Waals surface area contributed by atoms with Gasteiger partial charge in [0, 0.05) is 39.3 Å². The molecule has 2 N–H and O–H groups in total. The fraction of sp³-hybridized carbons (Fsp3) is 0.591. The average molecular weight is 435 g/mol. The molecular weight excluding hydrogens is 400 g/mol. The molecule has 7 nitrogen and oxygen atoms in total. The van der Waals surface area contributed by atoms with Gasteiger partial charge in [-0.1, -0.05) is 51.5 Å². The number of halogens is 1. The molecule has 30 heavy (non-hydrogen) atoms. The third-order valence-corrected chi connectivity index (χ3v) is 5.37. The highest BCUT2D eigenvalue weighted by Crippen LogP contribution is 2.24. The van der Waals surface area contributed by atoms with E-state index in [-0.39, 0.29) is 23.7 Å². The third kappa shape index (κ3) is 6.03. The van der Waals surface area contributed by atoms with Crippen LogP contribution < -0.4 is 10.6 Å². The molecule has 1 fully saturated rings. The Bertz CT molecular complexity index is 806. The van der Waals surface area contributed by atoms with Gasteiger partial charge in [-0.3, -0.25) is 9.69 Å². The topological polar surface area (TPSA) is 75.1 Å². The zero-order valence-corrected chi connectivity index (χ0v) is 19.4. The zero-order chi connectivity index (χ0) is 20.9. The van der Waals surface area contributed by atoms with Crippen LogP contribution in [0.5, 0.6) is 0 Å². The molecule has 8 heteroatoms. The second-order valence-electron chi connectivity index (χ2n) is 8.69. The molecule has 1 amide bonds. The fourth-order valence-corrected chi connectivity index (χ4v) is 3.60. The minimum absolute atomic E-state index is 0. The van der Waals surface area contributed by atoms with Crippen LogP contribution >= 0.6 is 12.4 Å². The Morgan fingerprint density at radius 2 is 1.83 bits per heavy atom. The van der Waals surface area contributed by atoms with E-state index in [1.165, 1.54) is 5.56 Å². The van der Waals surface area contributed by atoms with Gasteiger partial charge in [0.2, 0.25) is 0 Å². The fourth-order valence-electron chi connectivity index (χ4n) is 3.60. The molecular formula is C22H35ClN6O. The molecule has 2 aromatic rings. The SMILES string of the molecule is CCCc1c(C(=O)NCCN2CCNCC2)nnn1-c1ccc(C(C)(C)C)cc1.Cl. The van der Waals surface area contributed by atoms with E-state index in [9.17, 15) is 4.79 Å². The summed E-state index contributed by atoms with van der Waals surface area (Å²) in [6.45, 7) is 14.3. The number of amides is 1. The van der Waals surface area contributed by atoms with E-state index in [1.54, 1.807) is 4.68 Å². The van der Waals surface area contributed by atoms with Gasteiger partial charge in [0.15, 0.2) is 5.69 Å². The van der Waals surface area contributed by atoms with Crippen LogP contribution in [0.3, 0.4) is 0 Å². The largest absolute Gasteiger partial charge is 0.349 e. The van der Waals surface area contributed by atoms with Gasteiger partial charge < -0.3 is 10.6 Å². The Kier molecular flexibility index (Phi) is 8.82. The van der Waals surface area contributed by atoms with Gasteiger partial charge in [0.1, 0.15) is 0 Å². The Morgan fingerprint density at radius 1 is 1.17 bits per heavy atom.